The molecule has 28 heavy (non-hydrogen) atoms. The molecule has 1 aliphatic heterocycles. The fourth-order valence-electron chi connectivity index (χ4n) is 2.77. The van der Waals surface area contributed by atoms with E-state index in [0.29, 0.717) is 15.6 Å². The lowest BCUT2D eigenvalue weighted by Gasteiger charge is -2.18. The number of amides is 2. The highest BCUT2D eigenvalue weighted by Crippen LogP contribution is 2.33. The monoisotopic (exact) mass is 432 g/mol. The van der Waals surface area contributed by atoms with Gasteiger partial charge in [-0.3, -0.25) is 14.5 Å². The van der Waals surface area contributed by atoms with Crippen molar-refractivity contribution >= 4 is 57.5 Å². The number of carbonyl (C=O) groups is 2. The summed E-state index contributed by atoms with van der Waals surface area (Å²) in [6.07, 6.45) is 2.50. The van der Waals surface area contributed by atoms with Crippen molar-refractivity contribution < 1.29 is 14.7 Å². The maximum Gasteiger partial charge on any atom is 0.266 e. The lowest BCUT2D eigenvalue weighted by atomic mass is 10.1. The number of thioether (sulfide) groups is 1. The largest absolute Gasteiger partial charge is 0.394 e. The minimum Gasteiger partial charge on any atom is -0.394 e. The summed E-state index contributed by atoms with van der Waals surface area (Å²) >= 11 is 8.11. The van der Waals surface area contributed by atoms with E-state index in [1.165, 1.54) is 16.7 Å². The second-order valence-corrected chi connectivity index (χ2v) is 8.89. The zero-order valence-corrected chi connectivity index (χ0v) is 17.5. The van der Waals surface area contributed by atoms with Crippen LogP contribution in [0.15, 0.2) is 52.7 Å². The van der Waals surface area contributed by atoms with Gasteiger partial charge in [0.15, 0.2) is 0 Å². The van der Waals surface area contributed by atoms with Crippen LogP contribution >= 0.6 is 35.3 Å². The first-order chi connectivity index (χ1) is 13.6. The molecule has 8 heteroatoms. The van der Waals surface area contributed by atoms with Gasteiger partial charge in [0, 0.05) is 17.8 Å². The molecular weight excluding hydrogens is 412 g/mol. The lowest BCUT2D eigenvalue weighted by molar-refractivity contribution is -0.124. The van der Waals surface area contributed by atoms with E-state index in [-0.39, 0.29) is 37.4 Å². The topological polar surface area (TPSA) is 69.6 Å². The number of thiophene rings is 1. The molecule has 0 aliphatic carbocycles. The van der Waals surface area contributed by atoms with Crippen LogP contribution in [-0.4, -0.2) is 45.3 Å². The molecule has 2 heterocycles. The molecule has 0 saturated carbocycles. The molecule has 1 unspecified atom stereocenters. The van der Waals surface area contributed by atoms with E-state index in [2.05, 4.69) is 5.32 Å². The SMILES string of the molecule is O=C(CCN1C(=O)/C(=C\c2cccs2)SC1=S)NC(CO)Cc1ccccc1. The third-order valence-electron chi connectivity index (χ3n) is 4.16. The number of aliphatic hydroxyl groups is 1. The minimum absolute atomic E-state index is 0.129. The van der Waals surface area contributed by atoms with Crippen LogP contribution in [0.3, 0.4) is 0 Å². The van der Waals surface area contributed by atoms with E-state index in [1.54, 1.807) is 11.3 Å². The van der Waals surface area contributed by atoms with Crippen LogP contribution in [0.1, 0.15) is 16.9 Å². The Morgan fingerprint density at radius 1 is 1.25 bits per heavy atom. The fraction of sp³-hybridized carbons (Fsp3) is 0.250. The van der Waals surface area contributed by atoms with Gasteiger partial charge in [0.1, 0.15) is 4.32 Å². The second-order valence-electron chi connectivity index (χ2n) is 6.24. The Hall–Kier alpha value is -2.00. The third-order valence-corrected chi connectivity index (χ3v) is 6.36. The summed E-state index contributed by atoms with van der Waals surface area (Å²) < 4.78 is 0.462. The number of nitrogens with one attached hydrogen (secondary N) is 1. The highest BCUT2D eigenvalue weighted by Gasteiger charge is 2.32. The van der Waals surface area contributed by atoms with Crippen LogP contribution in [-0.2, 0) is 16.0 Å². The Kier molecular flexibility index (Phi) is 7.38. The summed E-state index contributed by atoms with van der Waals surface area (Å²) in [5, 5.41) is 14.3. The van der Waals surface area contributed by atoms with Crippen LogP contribution in [0.5, 0.6) is 0 Å². The van der Waals surface area contributed by atoms with Crippen molar-refractivity contribution in [1.82, 2.24) is 10.2 Å². The molecule has 0 radical (unpaired) electrons. The standard InChI is InChI=1S/C20H20N2O3S3/c23-13-15(11-14-5-2-1-3-6-14)21-18(24)8-9-22-19(25)17(28-20(22)26)12-16-7-4-10-27-16/h1-7,10,12,15,23H,8-9,11,13H2,(H,21,24)/b17-12+. The van der Waals surface area contributed by atoms with Crippen LogP contribution in [0, 0.1) is 0 Å². The van der Waals surface area contributed by atoms with E-state index in [1.807, 2.05) is 53.9 Å². The molecular formula is C20H20N2O3S3. The predicted octanol–water partition coefficient (Wildman–Crippen LogP) is 3.06. The number of rotatable bonds is 8. The van der Waals surface area contributed by atoms with Crippen LogP contribution in [0.4, 0.5) is 0 Å². The number of hydrogen-bond donors (Lipinski definition) is 2. The normalized spacial score (nSPS) is 16.6. The Morgan fingerprint density at radius 2 is 2.04 bits per heavy atom. The van der Waals surface area contributed by atoms with Crippen molar-refractivity contribution in [3.05, 3.63) is 63.2 Å². The highest BCUT2D eigenvalue weighted by atomic mass is 32.2. The lowest BCUT2D eigenvalue weighted by Crippen LogP contribution is -2.41. The third kappa shape index (κ3) is 5.51. The van der Waals surface area contributed by atoms with Crippen LogP contribution in [0.25, 0.3) is 6.08 Å². The maximum absolute atomic E-state index is 12.6. The zero-order valence-electron chi connectivity index (χ0n) is 15.0. The van der Waals surface area contributed by atoms with Crippen molar-refractivity contribution in [2.45, 2.75) is 18.9 Å². The van der Waals surface area contributed by atoms with Crippen molar-refractivity contribution in [1.29, 1.82) is 0 Å². The van der Waals surface area contributed by atoms with E-state index < -0.39 is 0 Å². The molecule has 2 N–H and O–H groups in total. The number of nitrogens with zero attached hydrogens (tertiary/aromatic N) is 1. The van der Waals surface area contributed by atoms with Crippen molar-refractivity contribution in [3.63, 3.8) is 0 Å². The van der Waals surface area contributed by atoms with Gasteiger partial charge in [0.25, 0.3) is 5.91 Å². The Bertz CT molecular complexity index is 866. The second kappa shape index (κ2) is 9.97. The van der Waals surface area contributed by atoms with Gasteiger partial charge >= 0.3 is 0 Å². The summed E-state index contributed by atoms with van der Waals surface area (Å²) in [5.41, 5.74) is 1.04. The van der Waals surface area contributed by atoms with E-state index in [9.17, 15) is 14.7 Å². The van der Waals surface area contributed by atoms with Gasteiger partial charge in [-0.1, -0.05) is 60.4 Å². The number of aliphatic hydroxyl groups excluding tert-OH is 1. The number of carbonyl (C=O) groups excluding carboxylic acids is 2. The molecule has 2 aromatic rings. The summed E-state index contributed by atoms with van der Waals surface area (Å²) in [6.45, 7) is 0.0764. The first-order valence-corrected chi connectivity index (χ1v) is 10.9. The molecule has 1 aromatic heterocycles. The van der Waals surface area contributed by atoms with Crippen molar-refractivity contribution in [2.75, 3.05) is 13.2 Å². The van der Waals surface area contributed by atoms with Crippen molar-refractivity contribution in [2.24, 2.45) is 0 Å². The van der Waals surface area contributed by atoms with Gasteiger partial charge < -0.3 is 10.4 Å². The van der Waals surface area contributed by atoms with Gasteiger partial charge in [-0.05, 0) is 29.5 Å². The van der Waals surface area contributed by atoms with Crippen LogP contribution in [0.2, 0.25) is 0 Å². The molecule has 1 atom stereocenters. The summed E-state index contributed by atoms with van der Waals surface area (Å²) in [5.74, 6) is -0.384. The minimum atomic E-state index is -0.361. The number of thiocarbonyl (C=S) groups is 1. The average molecular weight is 433 g/mol. The number of hydrogen-bond acceptors (Lipinski definition) is 6. The summed E-state index contributed by atoms with van der Waals surface area (Å²) in [7, 11) is 0. The van der Waals surface area contributed by atoms with Gasteiger partial charge in [-0.2, -0.15) is 0 Å². The van der Waals surface area contributed by atoms with Crippen LogP contribution < -0.4 is 5.32 Å². The van der Waals surface area contributed by atoms with Gasteiger partial charge in [0.05, 0.1) is 17.6 Å². The molecule has 2 amide bonds. The average Bonchev–Trinajstić information content (AvgIpc) is 3.29. The summed E-state index contributed by atoms with van der Waals surface area (Å²) in [4.78, 5) is 27.9. The predicted molar refractivity (Wildman–Crippen MR) is 118 cm³/mol. The first-order valence-electron chi connectivity index (χ1n) is 8.80. The smallest absolute Gasteiger partial charge is 0.266 e. The number of benzene rings is 1. The highest BCUT2D eigenvalue weighted by molar-refractivity contribution is 8.26. The zero-order chi connectivity index (χ0) is 19.9. The Labute approximate surface area is 177 Å². The molecule has 1 saturated heterocycles. The van der Waals surface area contributed by atoms with Gasteiger partial charge in [0.2, 0.25) is 5.91 Å². The molecule has 1 fully saturated rings. The van der Waals surface area contributed by atoms with E-state index in [4.69, 9.17) is 12.2 Å². The Morgan fingerprint density at radius 3 is 2.71 bits per heavy atom. The molecule has 146 valence electrons. The quantitative estimate of drug-likeness (QED) is 0.496. The molecule has 3 rings (SSSR count). The molecule has 1 aliphatic rings. The Balaban J connectivity index is 1.52. The fourth-order valence-corrected chi connectivity index (χ4v) is 4.80. The van der Waals surface area contributed by atoms with E-state index >= 15 is 0 Å². The van der Waals surface area contributed by atoms with Gasteiger partial charge in [-0.15, -0.1) is 11.3 Å². The molecule has 5 nitrogen and oxygen atoms in total. The molecule has 1 aromatic carbocycles. The van der Waals surface area contributed by atoms with E-state index in [0.717, 1.165) is 10.4 Å². The van der Waals surface area contributed by atoms with Gasteiger partial charge in [-0.25, -0.2) is 0 Å². The molecule has 0 bridgehead atoms. The maximum atomic E-state index is 12.6. The first kappa shape index (κ1) is 20.7. The molecule has 0 spiro atoms. The van der Waals surface area contributed by atoms with Crippen molar-refractivity contribution in [3.8, 4) is 0 Å². The summed E-state index contributed by atoms with van der Waals surface area (Å²) in [6, 6.07) is 13.2.